The lowest BCUT2D eigenvalue weighted by Crippen LogP contribution is -2.47. The van der Waals surface area contributed by atoms with Crippen molar-refractivity contribution < 1.29 is 4.79 Å². The first-order valence-corrected chi connectivity index (χ1v) is 9.77. The van der Waals surface area contributed by atoms with Crippen molar-refractivity contribution in [2.45, 2.75) is 26.3 Å². The van der Waals surface area contributed by atoms with Gasteiger partial charge in [0.15, 0.2) is 0 Å². The SMILES string of the molecule is Cc1cccc(N2CCN(CCC(C)NC(=O)Nc3ccccc3)CC2)c1. The highest BCUT2D eigenvalue weighted by Crippen LogP contribution is 2.18. The average Bonchev–Trinajstić information content (AvgIpc) is 2.67. The molecule has 0 bridgehead atoms. The molecule has 1 heterocycles. The van der Waals surface area contributed by atoms with E-state index in [4.69, 9.17) is 0 Å². The van der Waals surface area contributed by atoms with Crippen LogP contribution in [0.15, 0.2) is 54.6 Å². The summed E-state index contributed by atoms with van der Waals surface area (Å²) in [6, 6.07) is 18.3. The van der Waals surface area contributed by atoms with E-state index in [9.17, 15) is 4.79 Å². The third-order valence-electron chi connectivity index (χ3n) is 5.03. The molecule has 1 unspecified atom stereocenters. The summed E-state index contributed by atoms with van der Waals surface area (Å²) in [5.41, 5.74) is 3.44. The van der Waals surface area contributed by atoms with Gasteiger partial charge in [0.05, 0.1) is 0 Å². The smallest absolute Gasteiger partial charge is 0.319 e. The van der Waals surface area contributed by atoms with Crippen LogP contribution in [0.3, 0.4) is 0 Å². The Bertz CT molecular complexity index is 726. The minimum absolute atomic E-state index is 0.141. The topological polar surface area (TPSA) is 47.6 Å². The average molecular weight is 367 g/mol. The summed E-state index contributed by atoms with van der Waals surface area (Å²) in [6.07, 6.45) is 0.951. The molecule has 0 aromatic heterocycles. The van der Waals surface area contributed by atoms with Crippen LogP contribution >= 0.6 is 0 Å². The molecule has 1 saturated heterocycles. The fourth-order valence-electron chi connectivity index (χ4n) is 3.42. The molecule has 1 aliphatic heterocycles. The number of piperazine rings is 1. The second kappa shape index (κ2) is 9.42. The molecular formula is C22H30N4O. The molecule has 1 atom stereocenters. The van der Waals surface area contributed by atoms with Crippen LogP contribution in [0.1, 0.15) is 18.9 Å². The largest absolute Gasteiger partial charge is 0.369 e. The number of amides is 2. The lowest BCUT2D eigenvalue weighted by molar-refractivity contribution is 0.235. The van der Waals surface area contributed by atoms with E-state index in [0.717, 1.165) is 44.8 Å². The number of hydrogen-bond acceptors (Lipinski definition) is 3. The third kappa shape index (κ3) is 6.00. The lowest BCUT2D eigenvalue weighted by Gasteiger charge is -2.36. The Balaban J connectivity index is 1.36. The highest BCUT2D eigenvalue weighted by atomic mass is 16.2. The predicted octanol–water partition coefficient (Wildman–Crippen LogP) is 3.72. The fraction of sp³-hybridized carbons (Fsp3) is 0.409. The van der Waals surface area contributed by atoms with Gasteiger partial charge in [0.2, 0.25) is 0 Å². The predicted molar refractivity (Wildman–Crippen MR) is 113 cm³/mol. The normalized spacial score (nSPS) is 16.0. The fourth-order valence-corrected chi connectivity index (χ4v) is 3.42. The van der Waals surface area contributed by atoms with Crippen molar-refractivity contribution in [3.8, 4) is 0 Å². The Morgan fingerprint density at radius 1 is 1.04 bits per heavy atom. The Hall–Kier alpha value is -2.53. The van der Waals surface area contributed by atoms with Crippen molar-refractivity contribution in [3.05, 3.63) is 60.2 Å². The zero-order valence-electron chi connectivity index (χ0n) is 16.3. The highest BCUT2D eigenvalue weighted by Gasteiger charge is 2.18. The van der Waals surface area contributed by atoms with Crippen molar-refractivity contribution in [1.82, 2.24) is 10.2 Å². The maximum atomic E-state index is 12.1. The van der Waals surface area contributed by atoms with Crippen LogP contribution in [0.2, 0.25) is 0 Å². The lowest BCUT2D eigenvalue weighted by atomic mass is 10.1. The third-order valence-corrected chi connectivity index (χ3v) is 5.03. The van der Waals surface area contributed by atoms with E-state index >= 15 is 0 Å². The van der Waals surface area contributed by atoms with Gasteiger partial charge < -0.3 is 15.5 Å². The second-order valence-electron chi connectivity index (χ2n) is 7.32. The number of carbonyl (C=O) groups is 1. The number of urea groups is 1. The standard InChI is InChI=1S/C22H30N4O/c1-18-7-6-10-21(17-18)26-15-13-25(14-16-26)12-11-19(2)23-22(27)24-20-8-4-3-5-9-20/h3-10,17,19H,11-16H2,1-2H3,(H2,23,24,27). The zero-order chi connectivity index (χ0) is 19.1. The van der Waals surface area contributed by atoms with Crippen molar-refractivity contribution in [2.75, 3.05) is 42.9 Å². The Morgan fingerprint density at radius 3 is 2.48 bits per heavy atom. The molecule has 0 radical (unpaired) electrons. The number of para-hydroxylation sites is 1. The van der Waals surface area contributed by atoms with Crippen molar-refractivity contribution in [2.24, 2.45) is 0 Å². The molecule has 1 fully saturated rings. The second-order valence-corrected chi connectivity index (χ2v) is 7.32. The monoisotopic (exact) mass is 366 g/mol. The summed E-state index contributed by atoms with van der Waals surface area (Å²) in [5.74, 6) is 0. The summed E-state index contributed by atoms with van der Waals surface area (Å²) < 4.78 is 0. The maximum absolute atomic E-state index is 12.1. The molecule has 2 aromatic rings. The van der Waals surface area contributed by atoms with Gasteiger partial charge in [-0.3, -0.25) is 4.90 Å². The number of nitrogens with one attached hydrogen (secondary N) is 2. The van der Waals surface area contributed by atoms with Crippen molar-refractivity contribution in [3.63, 3.8) is 0 Å². The van der Waals surface area contributed by atoms with Gasteiger partial charge in [-0.2, -0.15) is 0 Å². The number of hydrogen-bond donors (Lipinski definition) is 2. The van der Waals surface area contributed by atoms with E-state index in [1.807, 2.05) is 30.3 Å². The van der Waals surface area contributed by atoms with Gasteiger partial charge in [-0.25, -0.2) is 4.79 Å². The first kappa shape index (κ1) is 19.2. The number of carbonyl (C=O) groups excluding carboxylic acids is 1. The van der Waals surface area contributed by atoms with Crippen LogP contribution in [-0.2, 0) is 0 Å². The van der Waals surface area contributed by atoms with Crippen LogP contribution in [0.5, 0.6) is 0 Å². The van der Waals surface area contributed by atoms with Crippen LogP contribution in [-0.4, -0.2) is 49.7 Å². The molecule has 5 heteroatoms. The van der Waals surface area contributed by atoms with Crippen LogP contribution < -0.4 is 15.5 Å². The number of rotatable bonds is 6. The molecule has 5 nitrogen and oxygen atoms in total. The van der Waals surface area contributed by atoms with E-state index in [1.165, 1.54) is 11.3 Å². The van der Waals surface area contributed by atoms with Gasteiger partial charge >= 0.3 is 6.03 Å². The summed E-state index contributed by atoms with van der Waals surface area (Å²) in [5, 5.41) is 5.89. The van der Waals surface area contributed by atoms with E-state index < -0.39 is 0 Å². The van der Waals surface area contributed by atoms with Crippen LogP contribution in [0.4, 0.5) is 16.2 Å². The van der Waals surface area contributed by atoms with Gasteiger partial charge in [-0.15, -0.1) is 0 Å². The molecule has 2 amide bonds. The number of nitrogens with zero attached hydrogens (tertiary/aromatic N) is 2. The van der Waals surface area contributed by atoms with Crippen LogP contribution in [0, 0.1) is 6.92 Å². The Kier molecular flexibility index (Phi) is 6.71. The number of anilines is 2. The molecule has 2 N–H and O–H groups in total. The molecular weight excluding hydrogens is 336 g/mol. The minimum atomic E-state index is -0.141. The molecule has 2 aromatic carbocycles. The summed E-state index contributed by atoms with van der Waals surface area (Å²) in [6.45, 7) is 9.46. The summed E-state index contributed by atoms with van der Waals surface area (Å²) in [7, 11) is 0. The van der Waals surface area contributed by atoms with E-state index in [0.29, 0.717) is 0 Å². The van der Waals surface area contributed by atoms with Gasteiger partial charge in [0.1, 0.15) is 0 Å². The molecule has 3 rings (SSSR count). The van der Waals surface area contributed by atoms with Gasteiger partial charge in [-0.1, -0.05) is 30.3 Å². The Labute approximate surface area is 162 Å². The summed E-state index contributed by atoms with van der Waals surface area (Å²) in [4.78, 5) is 17.0. The Morgan fingerprint density at radius 2 is 1.78 bits per heavy atom. The van der Waals surface area contributed by atoms with Gasteiger partial charge in [-0.05, 0) is 50.1 Å². The van der Waals surface area contributed by atoms with Gasteiger partial charge in [0, 0.05) is 50.1 Å². The first-order valence-electron chi connectivity index (χ1n) is 9.77. The summed E-state index contributed by atoms with van der Waals surface area (Å²) >= 11 is 0. The quantitative estimate of drug-likeness (QED) is 0.819. The molecule has 144 valence electrons. The molecule has 0 spiro atoms. The molecule has 0 aliphatic carbocycles. The van der Waals surface area contributed by atoms with E-state index in [-0.39, 0.29) is 12.1 Å². The molecule has 1 aliphatic rings. The van der Waals surface area contributed by atoms with E-state index in [1.54, 1.807) is 0 Å². The molecule has 27 heavy (non-hydrogen) atoms. The minimum Gasteiger partial charge on any atom is -0.369 e. The first-order chi connectivity index (χ1) is 13.1. The van der Waals surface area contributed by atoms with Crippen molar-refractivity contribution >= 4 is 17.4 Å². The number of benzene rings is 2. The number of aryl methyl sites for hydroxylation is 1. The van der Waals surface area contributed by atoms with Gasteiger partial charge in [0.25, 0.3) is 0 Å². The maximum Gasteiger partial charge on any atom is 0.319 e. The van der Waals surface area contributed by atoms with Crippen LogP contribution in [0.25, 0.3) is 0 Å². The highest BCUT2D eigenvalue weighted by molar-refractivity contribution is 5.89. The molecule has 0 saturated carbocycles. The van der Waals surface area contributed by atoms with Crippen molar-refractivity contribution in [1.29, 1.82) is 0 Å². The zero-order valence-corrected chi connectivity index (χ0v) is 16.3. The van der Waals surface area contributed by atoms with E-state index in [2.05, 4.69) is 58.5 Å².